The van der Waals surface area contributed by atoms with Crippen LogP contribution in [0.5, 0.6) is 5.75 Å². The molecule has 3 nitrogen and oxygen atoms in total. The van der Waals surface area contributed by atoms with Crippen LogP contribution in [0.3, 0.4) is 0 Å². The third kappa shape index (κ3) is 1.93. The van der Waals surface area contributed by atoms with Crippen molar-refractivity contribution in [3.05, 3.63) is 29.3 Å². The Morgan fingerprint density at radius 1 is 1.44 bits per heavy atom. The second kappa shape index (κ2) is 4.07. The molecule has 3 N–H and O–H groups in total. The molecule has 1 aliphatic heterocycles. The Labute approximate surface area is 97.0 Å². The fraction of sp³-hybridized carbons (Fsp3) is 0.538. The molecular formula is C13H20N2O. The number of benzene rings is 1. The molecule has 0 saturated carbocycles. The van der Waals surface area contributed by atoms with E-state index in [4.69, 9.17) is 10.5 Å². The fourth-order valence-corrected chi connectivity index (χ4v) is 1.97. The van der Waals surface area contributed by atoms with Crippen LogP contribution in [0.4, 0.5) is 0 Å². The number of ether oxygens (including phenoxy) is 1. The van der Waals surface area contributed by atoms with Gasteiger partial charge in [0.05, 0.1) is 6.61 Å². The summed E-state index contributed by atoms with van der Waals surface area (Å²) in [7, 11) is 1.94. The Kier molecular flexibility index (Phi) is 2.91. The van der Waals surface area contributed by atoms with Crippen LogP contribution in [-0.2, 0) is 6.42 Å². The van der Waals surface area contributed by atoms with Crippen LogP contribution in [0.1, 0.15) is 31.0 Å². The van der Waals surface area contributed by atoms with Gasteiger partial charge in [0.15, 0.2) is 0 Å². The lowest BCUT2D eigenvalue weighted by Gasteiger charge is -2.31. The molecule has 1 aromatic rings. The van der Waals surface area contributed by atoms with Gasteiger partial charge < -0.3 is 15.8 Å². The van der Waals surface area contributed by atoms with Gasteiger partial charge in [0.2, 0.25) is 0 Å². The molecule has 88 valence electrons. The maximum Gasteiger partial charge on any atom is 0.122 e. The summed E-state index contributed by atoms with van der Waals surface area (Å²) in [5.41, 5.74) is 8.62. The molecule has 0 bridgehead atoms. The molecule has 0 fully saturated rings. The molecule has 3 heteroatoms. The molecule has 1 unspecified atom stereocenters. The minimum absolute atomic E-state index is 0.0107. The van der Waals surface area contributed by atoms with Gasteiger partial charge in [0.25, 0.3) is 0 Å². The van der Waals surface area contributed by atoms with E-state index in [1.165, 1.54) is 11.1 Å². The monoisotopic (exact) mass is 220 g/mol. The molecule has 1 heterocycles. The number of nitrogens with two attached hydrogens (primary N) is 1. The summed E-state index contributed by atoms with van der Waals surface area (Å²) in [5, 5.41) is 3.25. The van der Waals surface area contributed by atoms with Crippen molar-refractivity contribution in [2.45, 2.75) is 31.8 Å². The first-order valence-electron chi connectivity index (χ1n) is 5.75. The van der Waals surface area contributed by atoms with E-state index in [0.29, 0.717) is 0 Å². The molecule has 1 aromatic carbocycles. The fourth-order valence-electron chi connectivity index (χ4n) is 1.97. The minimum atomic E-state index is -0.103. The van der Waals surface area contributed by atoms with Gasteiger partial charge in [-0.25, -0.2) is 0 Å². The van der Waals surface area contributed by atoms with Crippen molar-refractivity contribution >= 4 is 0 Å². The number of hydrogen-bond acceptors (Lipinski definition) is 3. The highest BCUT2D eigenvalue weighted by Gasteiger charge is 2.26. The first-order valence-corrected chi connectivity index (χ1v) is 5.75. The highest BCUT2D eigenvalue weighted by molar-refractivity contribution is 5.41. The first-order chi connectivity index (χ1) is 7.54. The average molecular weight is 220 g/mol. The van der Waals surface area contributed by atoms with Gasteiger partial charge >= 0.3 is 0 Å². The lowest BCUT2D eigenvalue weighted by atomic mass is 9.88. The summed E-state index contributed by atoms with van der Waals surface area (Å²) >= 11 is 0. The molecule has 1 aliphatic rings. The zero-order valence-corrected chi connectivity index (χ0v) is 10.2. The maximum atomic E-state index is 6.27. The van der Waals surface area contributed by atoms with Crippen molar-refractivity contribution in [1.29, 1.82) is 0 Å². The van der Waals surface area contributed by atoms with Crippen molar-refractivity contribution < 1.29 is 4.74 Å². The normalized spacial score (nSPS) is 16.8. The quantitative estimate of drug-likeness (QED) is 0.813. The van der Waals surface area contributed by atoms with Crippen molar-refractivity contribution in [3.8, 4) is 5.75 Å². The molecule has 0 spiro atoms. The third-order valence-electron chi connectivity index (χ3n) is 3.49. The van der Waals surface area contributed by atoms with Gasteiger partial charge in [-0.05, 0) is 38.1 Å². The molecule has 0 aromatic heterocycles. The van der Waals surface area contributed by atoms with Crippen LogP contribution in [0.2, 0.25) is 0 Å². The van der Waals surface area contributed by atoms with E-state index < -0.39 is 0 Å². The van der Waals surface area contributed by atoms with Crippen molar-refractivity contribution in [2.24, 2.45) is 5.73 Å². The Hall–Kier alpha value is -1.06. The second-order valence-electron chi connectivity index (χ2n) is 4.91. The van der Waals surface area contributed by atoms with Crippen LogP contribution in [-0.4, -0.2) is 19.2 Å². The largest absolute Gasteiger partial charge is 0.493 e. The Morgan fingerprint density at radius 3 is 2.88 bits per heavy atom. The smallest absolute Gasteiger partial charge is 0.122 e. The predicted molar refractivity (Wildman–Crippen MR) is 65.7 cm³/mol. The van der Waals surface area contributed by atoms with Gasteiger partial charge in [-0.15, -0.1) is 0 Å². The second-order valence-corrected chi connectivity index (χ2v) is 4.91. The molecule has 0 amide bonds. The highest BCUT2D eigenvalue weighted by atomic mass is 16.5. The lowest BCUT2D eigenvalue weighted by Crippen LogP contribution is -2.46. The molecular weight excluding hydrogens is 200 g/mol. The van der Waals surface area contributed by atoms with Gasteiger partial charge in [-0.2, -0.15) is 0 Å². The first kappa shape index (κ1) is 11.4. The Balaban J connectivity index is 2.28. The van der Waals surface area contributed by atoms with E-state index in [1.54, 1.807) is 0 Å². The molecule has 0 saturated heterocycles. The number of nitrogens with one attached hydrogen (secondary N) is 1. The van der Waals surface area contributed by atoms with Crippen LogP contribution in [0.15, 0.2) is 18.2 Å². The van der Waals surface area contributed by atoms with E-state index >= 15 is 0 Å². The summed E-state index contributed by atoms with van der Waals surface area (Å²) in [6.45, 7) is 5.02. The zero-order chi connectivity index (χ0) is 11.8. The van der Waals surface area contributed by atoms with Crippen molar-refractivity contribution in [2.75, 3.05) is 13.7 Å². The average Bonchev–Trinajstić information content (AvgIpc) is 2.74. The topological polar surface area (TPSA) is 47.3 Å². The standard InChI is InChI=1S/C13H20N2O/c1-13(2,15-3)12(14)10-4-5-11-9(8-10)6-7-16-11/h4-5,8,12,15H,6-7,14H2,1-3H3. The van der Waals surface area contributed by atoms with Gasteiger partial charge in [0, 0.05) is 18.0 Å². The molecule has 1 atom stereocenters. The summed E-state index contributed by atoms with van der Waals surface area (Å²) in [5.74, 6) is 1.01. The number of hydrogen-bond donors (Lipinski definition) is 2. The predicted octanol–water partition coefficient (Wildman–Crippen LogP) is 1.62. The van der Waals surface area contributed by atoms with Crippen LogP contribution in [0, 0.1) is 0 Å². The number of likely N-dealkylation sites (N-methyl/N-ethyl adjacent to an activating group) is 1. The molecule has 0 aliphatic carbocycles. The van der Waals surface area contributed by atoms with E-state index in [1.807, 2.05) is 13.1 Å². The summed E-state index contributed by atoms with van der Waals surface area (Å²) in [6, 6.07) is 6.26. The van der Waals surface area contributed by atoms with E-state index in [9.17, 15) is 0 Å². The maximum absolute atomic E-state index is 6.27. The molecule has 2 rings (SSSR count). The van der Waals surface area contributed by atoms with Crippen molar-refractivity contribution in [3.63, 3.8) is 0 Å². The molecule has 0 radical (unpaired) electrons. The summed E-state index contributed by atoms with van der Waals surface area (Å²) < 4.78 is 5.49. The highest BCUT2D eigenvalue weighted by Crippen LogP contribution is 2.30. The number of fused-ring (bicyclic) bond motifs is 1. The Bertz CT molecular complexity index is 388. The summed E-state index contributed by atoms with van der Waals surface area (Å²) in [6.07, 6.45) is 0.996. The van der Waals surface area contributed by atoms with Crippen LogP contribution < -0.4 is 15.8 Å². The zero-order valence-electron chi connectivity index (χ0n) is 10.2. The minimum Gasteiger partial charge on any atom is -0.493 e. The van der Waals surface area contributed by atoms with Crippen molar-refractivity contribution in [1.82, 2.24) is 5.32 Å². The lowest BCUT2D eigenvalue weighted by molar-refractivity contribution is 0.347. The van der Waals surface area contributed by atoms with Gasteiger partial charge in [-0.3, -0.25) is 0 Å². The van der Waals surface area contributed by atoms with Crippen LogP contribution >= 0.6 is 0 Å². The van der Waals surface area contributed by atoms with E-state index in [-0.39, 0.29) is 11.6 Å². The number of rotatable bonds is 3. The van der Waals surface area contributed by atoms with Gasteiger partial charge in [0.1, 0.15) is 5.75 Å². The molecule has 16 heavy (non-hydrogen) atoms. The van der Waals surface area contributed by atoms with E-state index in [0.717, 1.165) is 18.8 Å². The Morgan fingerprint density at radius 2 is 2.19 bits per heavy atom. The van der Waals surface area contributed by atoms with Gasteiger partial charge in [-0.1, -0.05) is 12.1 Å². The summed E-state index contributed by atoms with van der Waals surface area (Å²) in [4.78, 5) is 0. The van der Waals surface area contributed by atoms with E-state index in [2.05, 4.69) is 31.3 Å². The third-order valence-corrected chi connectivity index (χ3v) is 3.49. The SMILES string of the molecule is CNC(C)(C)C(N)c1ccc2c(c1)CCO2. The van der Waals surface area contributed by atoms with Crippen LogP contribution in [0.25, 0.3) is 0 Å².